The Morgan fingerprint density at radius 1 is 1.15 bits per heavy atom. The average molecular weight is 370 g/mol. The van der Waals surface area contributed by atoms with E-state index in [4.69, 9.17) is 18.1 Å². The zero-order valence-electron chi connectivity index (χ0n) is 13.8. The highest BCUT2D eigenvalue weighted by Gasteiger charge is 2.13. The van der Waals surface area contributed by atoms with Gasteiger partial charge in [0.25, 0.3) is 17.0 Å². The van der Waals surface area contributed by atoms with Crippen LogP contribution >= 0.6 is 11.8 Å². The summed E-state index contributed by atoms with van der Waals surface area (Å²) >= 11 is 1.32. The van der Waals surface area contributed by atoms with Crippen LogP contribution in [-0.4, -0.2) is 20.3 Å². The summed E-state index contributed by atoms with van der Waals surface area (Å²) in [6, 6.07) is 11.3. The molecule has 3 heterocycles. The van der Waals surface area contributed by atoms with Crippen molar-refractivity contribution in [3.05, 3.63) is 59.9 Å². The van der Waals surface area contributed by atoms with E-state index in [9.17, 15) is 0 Å². The Bertz CT molecular complexity index is 980. The molecule has 26 heavy (non-hydrogen) atoms. The normalized spacial score (nSPS) is 11.0. The summed E-state index contributed by atoms with van der Waals surface area (Å²) in [7, 11) is 0. The molecular formula is C17H14N4O4S. The van der Waals surface area contributed by atoms with Crippen LogP contribution in [0.4, 0.5) is 0 Å². The number of rotatable bonds is 7. The van der Waals surface area contributed by atoms with Crippen LogP contribution < -0.4 is 4.74 Å². The van der Waals surface area contributed by atoms with Crippen molar-refractivity contribution in [3.8, 4) is 17.4 Å². The lowest BCUT2D eigenvalue weighted by Gasteiger charge is -2.03. The highest BCUT2D eigenvalue weighted by molar-refractivity contribution is 7.98. The quantitative estimate of drug-likeness (QED) is 0.448. The third kappa shape index (κ3) is 3.94. The van der Waals surface area contributed by atoms with Crippen LogP contribution in [0.5, 0.6) is 5.75 Å². The number of thioether (sulfide) groups is 1. The second-order valence-electron chi connectivity index (χ2n) is 5.35. The van der Waals surface area contributed by atoms with Crippen LogP contribution in [-0.2, 0) is 12.4 Å². The van der Waals surface area contributed by atoms with E-state index in [2.05, 4.69) is 20.3 Å². The maximum atomic E-state index is 5.64. The Labute approximate surface area is 152 Å². The van der Waals surface area contributed by atoms with Gasteiger partial charge in [0, 0.05) is 0 Å². The highest BCUT2D eigenvalue weighted by Crippen LogP contribution is 2.23. The molecule has 9 heteroatoms. The molecule has 8 nitrogen and oxygen atoms in total. The molecular weight excluding hydrogens is 356 g/mol. The van der Waals surface area contributed by atoms with Crippen LogP contribution in [0.2, 0.25) is 0 Å². The number of furan rings is 1. The van der Waals surface area contributed by atoms with E-state index in [1.54, 1.807) is 18.4 Å². The van der Waals surface area contributed by atoms with Crippen molar-refractivity contribution in [2.75, 3.05) is 0 Å². The van der Waals surface area contributed by atoms with Gasteiger partial charge in [-0.05, 0) is 36.8 Å². The van der Waals surface area contributed by atoms with Gasteiger partial charge in [0.05, 0.1) is 12.0 Å². The second-order valence-corrected chi connectivity index (χ2v) is 6.28. The number of hydrogen-bond acceptors (Lipinski definition) is 9. The van der Waals surface area contributed by atoms with Gasteiger partial charge in [-0.1, -0.05) is 29.1 Å². The predicted octanol–water partition coefficient (Wildman–Crippen LogP) is 3.89. The minimum atomic E-state index is 0.210. The Hall–Kier alpha value is -3.07. The molecule has 0 bridgehead atoms. The van der Waals surface area contributed by atoms with Gasteiger partial charge >= 0.3 is 0 Å². The lowest BCUT2D eigenvalue weighted by Crippen LogP contribution is -1.95. The van der Waals surface area contributed by atoms with Crippen LogP contribution in [0.3, 0.4) is 0 Å². The molecule has 0 atom stereocenters. The van der Waals surface area contributed by atoms with Crippen molar-refractivity contribution in [1.82, 2.24) is 20.3 Å². The van der Waals surface area contributed by atoms with Gasteiger partial charge in [-0.3, -0.25) is 0 Å². The zero-order chi connectivity index (χ0) is 17.8. The van der Waals surface area contributed by atoms with Gasteiger partial charge in [-0.2, -0.15) is 4.98 Å². The minimum Gasteiger partial charge on any atom is -0.484 e. The summed E-state index contributed by atoms with van der Waals surface area (Å²) < 4.78 is 21.5. The maximum absolute atomic E-state index is 5.64. The molecule has 0 unspecified atom stereocenters. The molecule has 4 aromatic rings. The van der Waals surface area contributed by atoms with E-state index in [1.165, 1.54) is 11.8 Å². The number of ether oxygens (including phenoxy) is 1. The van der Waals surface area contributed by atoms with E-state index in [1.807, 2.05) is 31.2 Å². The standard InChI is InChI=1S/C17H14N4O4S/c1-11-4-2-5-12(8-11)23-9-15-19-20-17(24-15)26-10-14-18-16(25-21-14)13-6-3-7-22-13/h2-8H,9-10H2,1H3. The Kier molecular flexibility index (Phi) is 4.69. The van der Waals surface area contributed by atoms with Gasteiger partial charge in [0.2, 0.25) is 0 Å². The van der Waals surface area contributed by atoms with Gasteiger partial charge in [0.15, 0.2) is 18.2 Å². The minimum absolute atomic E-state index is 0.210. The number of hydrogen-bond donors (Lipinski definition) is 0. The molecule has 0 aliphatic carbocycles. The van der Waals surface area contributed by atoms with E-state index < -0.39 is 0 Å². The number of aryl methyl sites for hydroxylation is 1. The summed E-state index contributed by atoms with van der Waals surface area (Å²) in [5.74, 6) is 2.97. The van der Waals surface area contributed by atoms with Crippen LogP contribution in [0, 0.1) is 6.92 Å². The molecule has 0 saturated carbocycles. The predicted molar refractivity (Wildman–Crippen MR) is 91.4 cm³/mol. The lowest BCUT2D eigenvalue weighted by atomic mass is 10.2. The van der Waals surface area contributed by atoms with Crippen molar-refractivity contribution in [2.45, 2.75) is 24.5 Å². The number of aromatic nitrogens is 4. The van der Waals surface area contributed by atoms with E-state index in [0.717, 1.165) is 11.3 Å². The molecule has 0 spiro atoms. The largest absolute Gasteiger partial charge is 0.484 e. The SMILES string of the molecule is Cc1cccc(OCc2nnc(SCc3noc(-c4ccco4)n3)o2)c1. The molecule has 0 aliphatic rings. The first-order chi connectivity index (χ1) is 12.8. The fourth-order valence-corrected chi connectivity index (χ4v) is 2.77. The lowest BCUT2D eigenvalue weighted by molar-refractivity contribution is 0.252. The maximum Gasteiger partial charge on any atom is 0.293 e. The number of benzene rings is 1. The van der Waals surface area contributed by atoms with Crippen molar-refractivity contribution in [2.24, 2.45) is 0 Å². The van der Waals surface area contributed by atoms with Gasteiger partial charge < -0.3 is 18.1 Å². The smallest absolute Gasteiger partial charge is 0.293 e. The Balaban J connectivity index is 1.31. The summed E-state index contributed by atoms with van der Waals surface area (Å²) in [5, 5.41) is 12.3. The van der Waals surface area contributed by atoms with Gasteiger partial charge in [-0.25, -0.2) is 0 Å². The number of nitrogens with zero attached hydrogens (tertiary/aromatic N) is 4. The molecule has 0 fully saturated rings. The first-order valence-electron chi connectivity index (χ1n) is 7.77. The molecule has 0 saturated heterocycles. The summed E-state index contributed by atoms with van der Waals surface area (Å²) in [6.07, 6.45) is 1.55. The molecule has 132 valence electrons. The third-order valence-corrected chi connectivity index (χ3v) is 4.14. The molecule has 4 rings (SSSR count). The van der Waals surface area contributed by atoms with Crippen molar-refractivity contribution in [1.29, 1.82) is 0 Å². The first-order valence-corrected chi connectivity index (χ1v) is 8.76. The molecule has 0 N–H and O–H groups in total. The first kappa shape index (κ1) is 16.4. The summed E-state index contributed by atoms with van der Waals surface area (Å²) in [6.45, 7) is 2.21. The van der Waals surface area contributed by atoms with Gasteiger partial charge in [0.1, 0.15) is 5.75 Å². The Morgan fingerprint density at radius 2 is 2.12 bits per heavy atom. The van der Waals surface area contributed by atoms with Crippen LogP contribution in [0.1, 0.15) is 17.3 Å². The molecule has 0 aliphatic heterocycles. The van der Waals surface area contributed by atoms with Crippen molar-refractivity contribution < 1.29 is 18.1 Å². The summed E-state index contributed by atoms with van der Waals surface area (Å²) in [4.78, 5) is 4.25. The fraction of sp³-hybridized carbons (Fsp3) is 0.176. The summed E-state index contributed by atoms with van der Waals surface area (Å²) in [5.41, 5.74) is 1.12. The van der Waals surface area contributed by atoms with E-state index >= 15 is 0 Å². The second kappa shape index (κ2) is 7.44. The average Bonchev–Trinajstić information content (AvgIpc) is 3.39. The molecule has 0 radical (unpaired) electrons. The van der Waals surface area contributed by atoms with E-state index in [0.29, 0.717) is 34.3 Å². The van der Waals surface area contributed by atoms with Crippen LogP contribution in [0.15, 0.2) is 61.2 Å². The highest BCUT2D eigenvalue weighted by atomic mass is 32.2. The van der Waals surface area contributed by atoms with Crippen molar-refractivity contribution >= 4 is 11.8 Å². The molecule has 1 aromatic carbocycles. The van der Waals surface area contributed by atoms with E-state index in [-0.39, 0.29) is 6.61 Å². The molecule has 0 amide bonds. The third-order valence-electron chi connectivity index (χ3n) is 3.32. The van der Waals surface area contributed by atoms with Gasteiger partial charge in [-0.15, -0.1) is 10.2 Å². The molecule has 3 aromatic heterocycles. The van der Waals surface area contributed by atoms with Crippen molar-refractivity contribution in [3.63, 3.8) is 0 Å². The topological polar surface area (TPSA) is 100 Å². The fourth-order valence-electron chi connectivity index (χ4n) is 2.14. The monoisotopic (exact) mass is 370 g/mol. The zero-order valence-corrected chi connectivity index (χ0v) is 14.6. The Morgan fingerprint density at radius 3 is 2.96 bits per heavy atom. The van der Waals surface area contributed by atoms with Crippen LogP contribution in [0.25, 0.3) is 11.7 Å².